The third-order valence-electron chi connectivity index (χ3n) is 5.10. The highest BCUT2D eigenvalue weighted by Gasteiger charge is 2.29. The van der Waals surface area contributed by atoms with E-state index in [0.29, 0.717) is 23.7 Å². The molecule has 162 valence electrons. The second-order valence-corrected chi connectivity index (χ2v) is 9.25. The van der Waals surface area contributed by atoms with Gasteiger partial charge < -0.3 is 15.0 Å². The SMILES string of the molecule is CCOc1ccc(N(C(C)C(=O)Nc2ccc(N3CCCC3)cc2)S(C)(=O)=O)cc1. The second kappa shape index (κ2) is 9.38. The van der Waals surface area contributed by atoms with Gasteiger partial charge in [0.1, 0.15) is 11.8 Å². The van der Waals surface area contributed by atoms with Gasteiger partial charge in [-0.2, -0.15) is 0 Å². The first kappa shape index (κ1) is 22.0. The van der Waals surface area contributed by atoms with E-state index < -0.39 is 22.0 Å². The van der Waals surface area contributed by atoms with Crippen molar-refractivity contribution in [3.8, 4) is 5.75 Å². The molecule has 1 aliphatic rings. The number of ether oxygens (including phenoxy) is 1. The summed E-state index contributed by atoms with van der Waals surface area (Å²) in [6.07, 6.45) is 3.49. The lowest BCUT2D eigenvalue weighted by atomic mass is 10.2. The van der Waals surface area contributed by atoms with Crippen molar-refractivity contribution in [3.05, 3.63) is 48.5 Å². The largest absolute Gasteiger partial charge is 0.494 e. The molecule has 0 aliphatic carbocycles. The fourth-order valence-corrected chi connectivity index (χ4v) is 4.82. The summed E-state index contributed by atoms with van der Waals surface area (Å²) in [5.41, 5.74) is 2.17. The molecule has 1 atom stereocenters. The van der Waals surface area contributed by atoms with Gasteiger partial charge in [-0.05, 0) is 75.2 Å². The first-order valence-corrected chi connectivity index (χ1v) is 12.0. The monoisotopic (exact) mass is 431 g/mol. The van der Waals surface area contributed by atoms with E-state index >= 15 is 0 Å². The minimum atomic E-state index is -3.67. The number of carbonyl (C=O) groups excluding carboxylic acids is 1. The molecular weight excluding hydrogens is 402 g/mol. The molecule has 2 aromatic rings. The van der Waals surface area contributed by atoms with Gasteiger partial charge in [0.15, 0.2) is 0 Å². The van der Waals surface area contributed by atoms with Gasteiger partial charge in [0.25, 0.3) is 0 Å². The summed E-state index contributed by atoms with van der Waals surface area (Å²) in [5.74, 6) is 0.244. The average Bonchev–Trinajstić information content (AvgIpc) is 3.24. The number of nitrogens with one attached hydrogen (secondary N) is 1. The molecule has 1 amide bonds. The fourth-order valence-electron chi connectivity index (χ4n) is 3.64. The summed E-state index contributed by atoms with van der Waals surface area (Å²) >= 11 is 0. The van der Waals surface area contributed by atoms with Gasteiger partial charge >= 0.3 is 0 Å². The molecule has 0 spiro atoms. The third kappa shape index (κ3) is 5.24. The fraction of sp³-hybridized carbons (Fsp3) is 0.409. The Balaban J connectivity index is 1.74. The van der Waals surface area contributed by atoms with Crippen molar-refractivity contribution in [2.45, 2.75) is 32.7 Å². The predicted molar refractivity (Wildman–Crippen MR) is 121 cm³/mol. The molecule has 1 N–H and O–H groups in total. The Kier molecular flexibility index (Phi) is 6.87. The minimum Gasteiger partial charge on any atom is -0.494 e. The maximum absolute atomic E-state index is 12.8. The average molecular weight is 432 g/mol. The van der Waals surface area contributed by atoms with Crippen molar-refractivity contribution in [2.75, 3.05) is 40.5 Å². The Labute approximate surface area is 178 Å². The summed E-state index contributed by atoms with van der Waals surface area (Å²) in [7, 11) is -3.67. The van der Waals surface area contributed by atoms with Crippen LogP contribution >= 0.6 is 0 Å². The van der Waals surface area contributed by atoms with Gasteiger partial charge in [-0.3, -0.25) is 9.10 Å². The first-order chi connectivity index (χ1) is 14.3. The van der Waals surface area contributed by atoms with Gasteiger partial charge in [0.05, 0.1) is 18.6 Å². The lowest BCUT2D eigenvalue weighted by Gasteiger charge is -2.28. The van der Waals surface area contributed by atoms with Gasteiger partial charge in [-0.1, -0.05) is 0 Å². The van der Waals surface area contributed by atoms with E-state index in [2.05, 4.69) is 10.2 Å². The summed E-state index contributed by atoms with van der Waals surface area (Å²) in [6.45, 7) is 6.07. The first-order valence-electron chi connectivity index (χ1n) is 10.2. The summed E-state index contributed by atoms with van der Waals surface area (Å²) < 4.78 is 31.4. The smallest absolute Gasteiger partial charge is 0.247 e. The highest BCUT2D eigenvalue weighted by atomic mass is 32.2. The van der Waals surface area contributed by atoms with Crippen LogP contribution in [0.15, 0.2) is 48.5 Å². The molecule has 1 saturated heterocycles. The van der Waals surface area contributed by atoms with Crippen molar-refractivity contribution in [2.24, 2.45) is 0 Å². The lowest BCUT2D eigenvalue weighted by Crippen LogP contribution is -2.45. The molecular formula is C22H29N3O4S. The zero-order valence-corrected chi connectivity index (χ0v) is 18.5. The molecule has 1 heterocycles. The van der Waals surface area contributed by atoms with Crippen molar-refractivity contribution in [1.82, 2.24) is 0 Å². The number of rotatable bonds is 8. The van der Waals surface area contributed by atoms with E-state index in [0.717, 1.165) is 29.3 Å². The molecule has 30 heavy (non-hydrogen) atoms. The number of benzene rings is 2. The van der Waals surface area contributed by atoms with Crippen molar-refractivity contribution >= 4 is 33.0 Å². The van der Waals surface area contributed by atoms with Crippen molar-refractivity contribution < 1.29 is 17.9 Å². The van der Waals surface area contributed by atoms with E-state index in [9.17, 15) is 13.2 Å². The number of hydrogen-bond acceptors (Lipinski definition) is 5. The zero-order chi connectivity index (χ0) is 21.7. The van der Waals surface area contributed by atoms with Crippen LogP contribution in [0.5, 0.6) is 5.75 Å². The van der Waals surface area contributed by atoms with E-state index in [1.807, 2.05) is 31.2 Å². The highest BCUT2D eigenvalue weighted by molar-refractivity contribution is 7.92. The molecule has 2 aromatic carbocycles. The van der Waals surface area contributed by atoms with Gasteiger partial charge in [-0.15, -0.1) is 0 Å². The summed E-state index contributed by atoms with van der Waals surface area (Å²) in [5, 5.41) is 2.83. The molecule has 1 aliphatic heterocycles. The summed E-state index contributed by atoms with van der Waals surface area (Å²) in [4.78, 5) is 15.1. The van der Waals surface area contributed by atoms with Crippen LogP contribution in [0.3, 0.4) is 0 Å². The Morgan fingerprint density at radius 1 is 1.10 bits per heavy atom. The summed E-state index contributed by atoms with van der Waals surface area (Å²) in [6, 6.07) is 13.4. The number of nitrogens with zero attached hydrogens (tertiary/aromatic N) is 2. The second-order valence-electron chi connectivity index (χ2n) is 7.39. The molecule has 0 saturated carbocycles. The Bertz CT molecular complexity index is 953. The van der Waals surface area contributed by atoms with E-state index in [1.54, 1.807) is 31.2 Å². The normalized spacial score (nSPS) is 15.0. The maximum Gasteiger partial charge on any atom is 0.247 e. The Morgan fingerprint density at radius 2 is 1.70 bits per heavy atom. The highest BCUT2D eigenvalue weighted by Crippen LogP contribution is 2.25. The number of sulfonamides is 1. The van der Waals surface area contributed by atoms with Crippen LogP contribution in [0.25, 0.3) is 0 Å². The molecule has 8 heteroatoms. The van der Waals surface area contributed by atoms with Crippen LogP contribution in [-0.4, -0.2) is 46.3 Å². The van der Waals surface area contributed by atoms with Crippen LogP contribution in [0.2, 0.25) is 0 Å². The van der Waals surface area contributed by atoms with Crippen LogP contribution in [0.1, 0.15) is 26.7 Å². The van der Waals surface area contributed by atoms with Crippen LogP contribution in [-0.2, 0) is 14.8 Å². The zero-order valence-electron chi connectivity index (χ0n) is 17.7. The molecule has 0 radical (unpaired) electrons. The number of anilines is 3. The molecule has 3 rings (SSSR count). The standard InChI is InChI=1S/C22H29N3O4S/c1-4-29-21-13-11-20(12-14-21)25(30(3,27)28)17(2)22(26)23-18-7-9-19(10-8-18)24-15-5-6-16-24/h7-14,17H,4-6,15-16H2,1-3H3,(H,23,26). The van der Waals surface area contributed by atoms with Gasteiger partial charge in [0.2, 0.25) is 15.9 Å². The minimum absolute atomic E-state index is 0.400. The van der Waals surface area contributed by atoms with E-state index in [4.69, 9.17) is 4.74 Å². The van der Waals surface area contributed by atoms with Gasteiger partial charge in [-0.25, -0.2) is 8.42 Å². The third-order valence-corrected chi connectivity index (χ3v) is 6.34. The quantitative estimate of drug-likeness (QED) is 0.692. The number of amides is 1. The maximum atomic E-state index is 12.8. The molecule has 0 bridgehead atoms. The molecule has 1 unspecified atom stereocenters. The van der Waals surface area contributed by atoms with E-state index in [1.165, 1.54) is 12.8 Å². The van der Waals surface area contributed by atoms with Crippen LogP contribution < -0.4 is 19.3 Å². The van der Waals surface area contributed by atoms with Crippen molar-refractivity contribution in [3.63, 3.8) is 0 Å². The Morgan fingerprint density at radius 3 is 2.23 bits per heavy atom. The molecule has 7 nitrogen and oxygen atoms in total. The number of hydrogen-bond donors (Lipinski definition) is 1. The van der Waals surface area contributed by atoms with Crippen LogP contribution in [0.4, 0.5) is 17.1 Å². The van der Waals surface area contributed by atoms with Gasteiger partial charge in [0, 0.05) is 24.5 Å². The van der Waals surface area contributed by atoms with Crippen molar-refractivity contribution in [1.29, 1.82) is 0 Å². The number of carbonyl (C=O) groups is 1. The molecule has 1 fully saturated rings. The lowest BCUT2D eigenvalue weighted by molar-refractivity contribution is -0.116. The van der Waals surface area contributed by atoms with Crippen LogP contribution in [0, 0.1) is 0 Å². The van der Waals surface area contributed by atoms with E-state index in [-0.39, 0.29) is 0 Å². The predicted octanol–water partition coefficient (Wildman–Crippen LogP) is 3.48. The molecule has 0 aromatic heterocycles. The topological polar surface area (TPSA) is 79.0 Å². The Hall–Kier alpha value is -2.74.